The number of benzene rings is 1. The second-order valence-corrected chi connectivity index (χ2v) is 6.88. The van der Waals surface area contributed by atoms with Crippen LogP contribution in [0.15, 0.2) is 48.8 Å². The van der Waals surface area contributed by atoms with E-state index < -0.39 is 5.82 Å². The summed E-state index contributed by atoms with van der Waals surface area (Å²) in [7, 11) is 0. The molecule has 7 heteroatoms. The molecule has 1 N–H and O–H groups in total. The first-order valence-corrected chi connectivity index (χ1v) is 8.88. The van der Waals surface area contributed by atoms with Crippen molar-refractivity contribution < 1.29 is 9.18 Å². The minimum Gasteiger partial charge on any atom is -0.369 e. The number of carbonyl (C=O) groups is 1. The number of pyridine rings is 1. The topological polar surface area (TPSA) is 49.6 Å². The molecule has 1 amide bonds. The van der Waals surface area contributed by atoms with Gasteiger partial charge in [0.25, 0.3) is 0 Å². The van der Waals surface area contributed by atoms with Gasteiger partial charge in [0.05, 0.1) is 17.1 Å². The van der Waals surface area contributed by atoms with Gasteiger partial charge in [-0.3, -0.25) is 4.79 Å². The minimum absolute atomic E-state index is 0.0401. The van der Waals surface area contributed by atoms with Crippen LogP contribution in [-0.4, -0.2) is 34.4 Å². The van der Waals surface area contributed by atoms with E-state index in [4.69, 9.17) is 11.6 Å². The van der Waals surface area contributed by atoms with E-state index in [1.807, 2.05) is 35.0 Å². The molecule has 0 spiro atoms. The summed E-state index contributed by atoms with van der Waals surface area (Å²) in [5.74, 6) is -0.481. The van der Waals surface area contributed by atoms with E-state index in [9.17, 15) is 9.18 Å². The fourth-order valence-electron chi connectivity index (χ4n) is 3.31. The van der Waals surface area contributed by atoms with Gasteiger partial charge in [-0.15, -0.1) is 0 Å². The Hall–Kier alpha value is -2.60. The molecule has 0 unspecified atom stereocenters. The number of nitrogens with zero attached hydrogens (tertiary/aromatic N) is 3. The lowest BCUT2D eigenvalue weighted by Crippen LogP contribution is -2.38. The highest BCUT2D eigenvalue weighted by atomic mass is 35.5. The van der Waals surface area contributed by atoms with Gasteiger partial charge in [-0.25, -0.2) is 9.37 Å². The molecule has 1 aliphatic heterocycles. The molecule has 0 saturated carbocycles. The molecule has 1 fully saturated rings. The SMILES string of the molecule is O=C(Cc1cn2ccccc2n1)N[C@@H]1CCN(c2ccc(Cl)c(F)c2)C1. The van der Waals surface area contributed by atoms with Gasteiger partial charge in [0.1, 0.15) is 11.5 Å². The Balaban J connectivity index is 1.35. The molecule has 26 heavy (non-hydrogen) atoms. The zero-order valence-electron chi connectivity index (χ0n) is 14.0. The second kappa shape index (κ2) is 6.96. The van der Waals surface area contributed by atoms with Crippen LogP contribution in [0.25, 0.3) is 5.65 Å². The summed E-state index contributed by atoms with van der Waals surface area (Å²) in [6.45, 7) is 1.42. The van der Waals surface area contributed by atoms with E-state index in [1.54, 1.807) is 12.1 Å². The predicted octanol–water partition coefficient (Wildman–Crippen LogP) is 3.06. The second-order valence-electron chi connectivity index (χ2n) is 6.47. The van der Waals surface area contributed by atoms with Crippen molar-refractivity contribution in [3.63, 3.8) is 0 Å². The summed E-state index contributed by atoms with van der Waals surface area (Å²) in [6.07, 6.45) is 4.84. The van der Waals surface area contributed by atoms with Crippen molar-refractivity contribution in [2.75, 3.05) is 18.0 Å². The van der Waals surface area contributed by atoms with Crippen LogP contribution in [0.5, 0.6) is 0 Å². The van der Waals surface area contributed by atoms with Crippen molar-refractivity contribution in [1.29, 1.82) is 0 Å². The third-order valence-corrected chi connectivity index (χ3v) is 4.88. The summed E-state index contributed by atoms with van der Waals surface area (Å²) in [4.78, 5) is 18.8. The molecule has 5 nitrogen and oxygen atoms in total. The summed E-state index contributed by atoms with van der Waals surface area (Å²) < 4.78 is 15.5. The van der Waals surface area contributed by atoms with E-state index in [1.165, 1.54) is 6.07 Å². The monoisotopic (exact) mass is 372 g/mol. The zero-order valence-corrected chi connectivity index (χ0v) is 14.8. The number of hydrogen-bond donors (Lipinski definition) is 1. The van der Waals surface area contributed by atoms with E-state index in [0.29, 0.717) is 6.54 Å². The van der Waals surface area contributed by atoms with Crippen LogP contribution in [0.3, 0.4) is 0 Å². The zero-order chi connectivity index (χ0) is 18.1. The summed E-state index contributed by atoms with van der Waals surface area (Å²) >= 11 is 5.73. The van der Waals surface area contributed by atoms with E-state index in [-0.39, 0.29) is 23.4 Å². The number of aromatic nitrogens is 2. The van der Waals surface area contributed by atoms with Crippen LogP contribution in [-0.2, 0) is 11.2 Å². The number of anilines is 1. The minimum atomic E-state index is -0.427. The molecule has 134 valence electrons. The van der Waals surface area contributed by atoms with Gasteiger partial charge in [-0.1, -0.05) is 17.7 Å². The molecule has 0 aliphatic carbocycles. The maximum absolute atomic E-state index is 13.6. The number of imidazole rings is 1. The van der Waals surface area contributed by atoms with Crippen LogP contribution >= 0.6 is 11.6 Å². The van der Waals surface area contributed by atoms with E-state index in [2.05, 4.69) is 15.2 Å². The first-order valence-electron chi connectivity index (χ1n) is 8.50. The van der Waals surface area contributed by atoms with Gasteiger partial charge < -0.3 is 14.6 Å². The average molecular weight is 373 g/mol. The number of fused-ring (bicyclic) bond motifs is 1. The Kier molecular flexibility index (Phi) is 4.51. The van der Waals surface area contributed by atoms with Gasteiger partial charge in [0, 0.05) is 37.2 Å². The van der Waals surface area contributed by atoms with Crippen molar-refractivity contribution in [2.24, 2.45) is 0 Å². The third kappa shape index (κ3) is 3.51. The first kappa shape index (κ1) is 16.8. The van der Waals surface area contributed by atoms with E-state index in [0.717, 1.165) is 30.0 Å². The highest BCUT2D eigenvalue weighted by Gasteiger charge is 2.24. The molecular formula is C19H18ClFN4O. The lowest BCUT2D eigenvalue weighted by Gasteiger charge is -2.19. The Bertz CT molecular complexity index is 925. The Morgan fingerprint density at radius 2 is 2.23 bits per heavy atom. The van der Waals surface area contributed by atoms with E-state index >= 15 is 0 Å². The van der Waals surface area contributed by atoms with Crippen LogP contribution in [0.4, 0.5) is 10.1 Å². The Morgan fingerprint density at radius 3 is 3.04 bits per heavy atom. The molecule has 3 aromatic rings. The molecule has 0 bridgehead atoms. The highest BCUT2D eigenvalue weighted by molar-refractivity contribution is 6.30. The van der Waals surface area contributed by atoms with Crippen molar-refractivity contribution in [1.82, 2.24) is 14.7 Å². The molecule has 1 aromatic carbocycles. The lowest BCUT2D eigenvalue weighted by molar-refractivity contribution is -0.121. The quantitative estimate of drug-likeness (QED) is 0.765. The number of halogens is 2. The van der Waals surface area contributed by atoms with Gasteiger partial charge >= 0.3 is 0 Å². The number of hydrogen-bond acceptors (Lipinski definition) is 3. The Morgan fingerprint density at radius 1 is 1.35 bits per heavy atom. The molecule has 1 saturated heterocycles. The van der Waals surface area contributed by atoms with Gasteiger partial charge in [0.2, 0.25) is 5.91 Å². The van der Waals surface area contributed by atoms with Crippen LogP contribution < -0.4 is 10.2 Å². The molecule has 4 rings (SSSR count). The molecule has 0 radical (unpaired) electrons. The number of carbonyl (C=O) groups excluding carboxylic acids is 1. The molecule has 2 aromatic heterocycles. The van der Waals surface area contributed by atoms with Crippen molar-refractivity contribution >= 4 is 28.8 Å². The predicted molar refractivity (Wildman–Crippen MR) is 99.1 cm³/mol. The smallest absolute Gasteiger partial charge is 0.226 e. The number of nitrogens with one attached hydrogen (secondary N) is 1. The molecule has 3 heterocycles. The molecule has 1 aliphatic rings. The molecular weight excluding hydrogens is 355 g/mol. The van der Waals surface area contributed by atoms with Gasteiger partial charge in [-0.2, -0.15) is 0 Å². The third-order valence-electron chi connectivity index (χ3n) is 4.58. The van der Waals surface area contributed by atoms with Gasteiger partial charge in [-0.05, 0) is 36.8 Å². The maximum atomic E-state index is 13.6. The largest absolute Gasteiger partial charge is 0.369 e. The van der Waals surface area contributed by atoms with Crippen LogP contribution in [0, 0.1) is 5.82 Å². The van der Waals surface area contributed by atoms with Crippen molar-refractivity contribution in [3.05, 3.63) is 65.3 Å². The normalized spacial score (nSPS) is 17.0. The fourth-order valence-corrected chi connectivity index (χ4v) is 3.43. The lowest BCUT2D eigenvalue weighted by atomic mass is 10.2. The van der Waals surface area contributed by atoms with Gasteiger partial charge in [0.15, 0.2) is 0 Å². The summed E-state index contributed by atoms with van der Waals surface area (Å²) in [5, 5.41) is 3.16. The highest BCUT2D eigenvalue weighted by Crippen LogP contribution is 2.25. The average Bonchev–Trinajstić information content (AvgIpc) is 3.23. The van der Waals surface area contributed by atoms with Crippen molar-refractivity contribution in [2.45, 2.75) is 18.9 Å². The van der Waals surface area contributed by atoms with Crippen LogP contribution in [0.1, 0.15) is 12.1 Å². The van der Waals surface area contributed by atoms with Crippen LogP contribution in [0.2, 0.25) is 5.02 Å². The van der Waals surface area contributed by atoms with Crippen molar-refractivity contribution in [3.8, 4) is 0 Å². The molecule has 1 atom stereocenters. The number of rotatable bonds is 4. The summed E-state index contributed by atoms with van der Waals surface area (Å²) in [5.41, 5.74) is 2.35. The fraction of sp³-hybridized carbons (Fsp3) is 0.263. The maximum Gasteiger partial charge on any atom is 0.226 e. The first-order chi connectivity index (χ1) is 12.6. The summed E-state index contributed by atoms with van der Waals surface area (Å²) in [6, 6.07) is 10.6. The number of amides is 1. The Labute approximate surface area is 155 Å². The standard InChI is InChI=1S/C19H18ClFN4O/c20-16-5-4-15(10-17(16)21)24-8-6-13(11-24)23-19(26)9-14-12-25-7-2-1-3-18(25)22-14/h1-5,7,10,12-13H,6,8-9,11H2,(H,23,26)/t13-/m1/s1.